The highest BCUT2D eigenvalue weighted by Gasteiger charge is 2.38. The van der Waals surface area contributed by atoms with E-state index >= 15 is 0 Å². The van der Waals surface area contributed by atoms with Gasteiger partial charge < -0.3 is 10.2 Å². The standard InChI is InChI=1S/C54H46N2O/c1-53(2,3)52(57)42-26-24-40(25-27-42)41-28-30-44(31-29-41)54(43-16-8-4-9-17-43,45-32-36-48(37-33-45)55-47-18-10-5-11-19-47)46-34-38-51(39-35-46)56(49-20-12-6-13-21-49)50-22-14-7-15-23-50/h4-39,55H,1-3H3. The van der Waals surface area contributed by atoms with E-state index in [1.165, 1.54) is 5.56 Å². The number of carbonyl (C=O) groups is 1. The van der Waals surface area contributed by atoms with Gasteiger partial charge in [-0.3, -0.25) is 4.79 Å². The summed E-state index contributed by atoms with van der Waals surface area (Å²) in [6.45, 7) is 5.89. The summed E-state index contributed by atoms with van der Waals surface area (Å²) in [6, 6.07) is 77.0. The first-order valence-corrected chi connectivity index (χ1v) is 19.6. The molecule has 3 nitrogen and oxygen atoms in total. The predicted molar refractivity (Wildman–Crippen MR) is 238 cm³/mol. The van der Waals surface area contributed by atoms with Crippen LogP contribution in [-0.4, -0.2) is 5.78 Å². The second-order valence-corrected chi connectivity index (χ2v) is 15.5. The molecule has 0 aliphatic carbocycles. The summed E-state index contributed by atoms with van der Waals surface area (Å²) >= 11 is 0. The largest absolute Gasteiger partial charge is 0.356 e. The zero-order chi connectivity index (χ0) is 39.2. The smallest absolute Gasteiger partial charge is 0.168 e. The minimum Gasteiger partial charge on any atom is -0.356 e. The van der Waals surface area contributed by atoms with E-state index in [4.69, 9.17) is 0 Å². The second-order valence-electron chi connectivity index (χ2n) is 15.5. The fourth-order valence-electron chi connectivity index (χ4n) is 7.80. The molecular formula is C54H46N2O. The minimum absolute atomic E-state index is 0.142. The number of nitrogens with zero attached hydrogens (tertiary/aromatic N) is 1. The molecule has 0 aromatic heterocycles. The Bertz CT molecular complexity index is 2490. The third-order valence-corrected chi connectivity index (χ3v) is 10.7. The molecule has 0 radical (unpaired) electrons. The van der Waals surface area contributed by atoms with Crippen molar-refractivity contribution in [1.29, 1.82) is 0 Å². The van der Waals surface area contributed by atoms with E-state index in [1.807, 2.05) is 51.1 Å². The molecule has 0 heterocycles. The first-order chi connectivity index (χ1) is 27.8. The number of rotatable bonds is 11. The second kappa shape index (κ2) is 16.0. The van der Waals surface area contributed by atoms with Crippen LogP contribution in [0.3, 0.4) is 0 Å². The maximum atomic E-state index is 13.0. The Balaban J connectivity index is 1.26. The molecule has 0 spiro atoms. The summed E-state index contributed by atoms with van der Waals surface area (Å²) in [5, 5.41) is 3.57. The zero-order valence-electron chi connectivity index (χ0n) is 32.6. The van der Waals surface area contributed by atoms with E-state index in [9.17, 15) is 4.79 Å². The van der Waals surface area contributed by atoms with E-state index in [2.05, 4.69) is 198 Å². The SMILES string of the molecule is CC(C)(C)C(=O)c1ccc(-c2ccc(C(c3ccccc3)(c3ccc(Nc4ccccc4)cc3)c3ccc(N(c4ccccc4)c4ccccc4)cc3)cc2)cc1. The van der Waals surface area contributed by atoms with Gasteiger partial charge in [-0.05, 0) is 94.0 Å². The van der Waals surface area contributed by atoms with E-state index in [0.29, 0.717) is 0 Å². The fraction of sp³-hybridized carbons (Fsp3) is 0.0926. The van der Waals surface area contributed by atoms with Crippen LogP contribution in [0.5, 0.6) is 0 Å². The number of ketones is 1. The van der Waals surface area contributed by atoms with Crippen LogP contribution in [0.4, 0.5) is 28.4 Å². The Hall–Kier alpha value is -6.97. The number of hydrogen-bond donors (Lipinski definition) is 1. The first-order valence-electron chi connectivity index (χ1n) is 19.6. The Labute approximate surface area is 336 Å². The van der Waals surface area contributed by atoms with Crippen LogP contribution in [0.25, 0.3) is 11.1 Å². The van der Waals surface area contributed by atoms with E-state index in [-0.39, 0.29) is 5.78 Å². The number of nitrogens with one attached hydrogen (secondary N) is 1. The van der Waals surface area contributed by atoms with Crippen molar-refractivity contribution in [2.75, 3.05) is 10.2 Å². The van der Waals surface area contributed by atoms with Crippen LogP contribution in [0.15, 0.2) is 218 Å². The predicted octanol–water partition coefficient (Wildman–Crippen LogP) is 14.2. The topological polar surface area (TPSA) is 32.3 Å². The lowest BCUT2D eigenvalue weighted by Gasteiger charge is -2.37. The summed E-state index contributed by atoms with van der Waals surface area (Å²) < 4.78 is 0. The summed E-state index contributed by atoms with van der Waals surface area (Å²) in [5.41, 5.74) is 11.8. The molecule has 0 fully saturated rings. The Morgan fingerprint density at radius 2 is 0.737 bits per heavy atom. The minimum atomic E-state index is -0.656. The van der Waals surface area contributed by atoms with Crippen molar-refractivity contribution in [2.24, 2.45) is 5.41 Å². The molecule has 1 atom stereocenters. The molecular weight excluding hydrogens is 693 g/mol. The molecule has 0 bridgehead atoms. The van der Waals surface area contributed by atoms with Gasteiger partial charge in [-0.15, -0.1) is 0 Å². The van der Waals surface area contributed by atoms with Crippen molar-refractivity contribution in [3.8, 4) is 11.1 Å². The number of carbonyl (C=O) groups excluding carboxylic acids is 1. The van der Waals surface area contributed by atoms with Crippen molar-refractivity contribution in [3.63, 3.8) is 0 Å². The Morgan fingerprint density at radius 3 is 1.21 bits per heavy atom. The monoisotopic (exact) mass is 738 g/mol. The molecule has 0 amide bonds. The van der Waals surface area contributed by atoms with Gasteiger partial charge in [0.15, 0.2) is 5.78 Å². The van der Waals surface area contributed by atoms with Crippen LogP contribution >= 0.6 is 0 Å². The van der Waals surface area contributed by atoms with Gasteiger partial charge in [0.2, 0.25) is 0 Å². The normalized spacial score (nSPS) is 12.3. The zero-order valence-corrected chi connectivity index (χ0v) is 32.6. The average molecular weight is 739 g/mol. The summed E-state index contributed by atoms with van der Waals surface area (Å²) in [4.78, 5) is 15.3. The van der Waals surface area contributed by atoms with Gasteiger partial charge in [0.25, 0.3) is 0 Å². The van der Waals surface area contributed by atoms with Gasteiger partial charge in [0, 0.05) is 39.4 Å². The molecule has 3 heteroatoms. The number of benzene rings is 8. The molecule has 57 heavy (non-hydrogen) atoms. The Kier molecular flexibility index (Phi) is 10.4. The average Bonchev–Trinajstić information content (AvgIpc) is 3.26. The summed E-state index contributed by atoms with van der Waals surface area (Å²) in [7, 11) is 0. The van der Waals surface area contributed by atoms with Crippen LogP contribution < -0.4 is 10.2 Å². The molecule has 1 N–H and O–H groups in total. The molecule has 0 saturated carbocycles. The maximum absolute atomic E-state index is 13.0. The van der Waals surface area contributed by atoms with Gasteiger partial charge in [0.1, 0.15) is 0 Å². The van der Waals surface area contributed by atoms with Crippen LogP contribution in [0, 0.1) is 5.41 Å². The third kappa shape index (κ3) is 7.65. The summed E-state index contributed by atoms with van der Waals surface area (Å²) in [6.07, 6.45) is 0. The summed E-state index contributed by atoms with van der Waals surface area (Å²) in [5.74, 6) is 0.142. The lowest BCUT2D eigenvalue weighted by atomic mass is 9.65. The van der Waals surface area contributed by atoms with E-state index in [0.717, 1.165) is 61.8 Å². The van der Waals surface area contributed by atoms with Crippen LogP contribution in [-0.2, 0) is 5.41 Å². The molecule has 8 rings (SSSR count). The lowest BCUT2D eigenvalue weighted by molar-refractivity contribution is 0.0858. The molecule has 8 aromatic rings. The third-order valence-electron chi connectivity index (χ3n) is 10.7. The van der Waals surface area contributed by atoms with E-state index < -0.39 is 10.8 Å². The quantitative estimate of drug-likeness (QED) is 0.106. The van der Waals surface area contributed by atoms with Crippen molar-refractivity contribution in [1.82, 2.24) is 0 Å². The fourth-order valence-corrected chi connectivity index (χ4v) is 7.80. The van der Waals surface area contributed by atoms with Gasteiger partial charge in [0.05, 0.1) is 5.41 Å². The number of para-hydroxylation sites is 3. The van der Waals surface area contributed by atoms with Crippen molar-refractivity contribution < 1.29 is 4.79 Å². The van der Waals surface area contributed by atoms with Crippen LogP contribution in [0.1, 0.15) is 53.4 Å². The molecule has 1 unspecified atom stereocenters. The van der Waals surface area contributed by atoms with Gasteiger partial charge in [-0.1, -0.05) is 178 Å². The highest BCUT2D eigenvalue weighted by molar-refractivity contribution is 6.00. The maximum Gasteiger partial charge on any atom is 0.168 e. The van der Waals surface area contributed by atoms with Crippen LogP contribution in [0.2, 0.25) is 0 Å². The highest BCUT2D eigenvalue weighted by atomic mass is 16.1. The number of hydrogen-bond acceptors (Lipinski definition) is 3. The molecule has 0 aliphatic heterocycles. The lowest BCUT2D eigenvalue weighted by Crippen LogP contribution is -2.31. The number of Topliss-reactive ketones (excluding diaryl/α,β-unsaturated/α-hetero) is 1. The van der Waals surface area contributed by atoms with Gasteiger partial charge in [-0.25, -0.2) is 0 Å². The van der Waals surface area contributed by atoms with Crippen molar-refractivity contribution in [2.45, 2.75) is 26.2 Å². The Morgan fingerprint density at radius 1 is 0.386 bits per heavy atom. The van der Waals surface area contributed by atoms with Gasteiger partial charge in [-0.2, -0.15) is 0 Å². The van der Waals surface area contributed by atoms with Gasteiger partial charge >= 0.3 is 0 Å². The first kappa shape index (κ1) is 37.0. The van der Waals surface area contributed by atoms with Crippen molar-refractivity contribution >= 4 is 34.2 Å². The highest BCUT2D eigenvalue weighted by Crippen LogP contribution is 2.47. The molecule has 0 aliphatic rings. The molecule has 8 aromatic carbocycles. The number of anilines is 5. The molecule has 278 valence electrons. The van der Waals surface area contributed by atoms with Crippen molar-refractivity contribution in [3.05, 3.63) is 246 Å². The van der Waals surface area contributed by atoms with E-state index in [1.54, 1.807) is 0 Å². The molecule has 0 saturated heterocycles.